The highest BCUT2D eigenvalue weighted by molar-refractivity contribution is 5.93. The molecule has 1 amide bonds. The number of carbonyl (C=O) groups excluding carboxylic acids is 1. The number of carbonyl (C=O) groups is 1. The van der Waals surface area contributed by atoms with Gasteiger partial charge in [0.1, 0.15) is 12.4 Å². The fourth-order valence-corrected chi connectivity index (χ4v) is 3.14. The first kappa shape index (κ1) is 18.1. The molecule has 0 unspecified atom stereocenters. The fraction of sp³-hybridized carbons (Fsp3) is 0.182. The van der Waals surface area contributed by atoms with E-state index in [2.05, 4.69) is 20.4 Å². The van der Waals surface area contributed by atoms with E-state index in [4.69, 9.17) is 4.74 Å². The zero-order valence-electron chi connectivity index (χ0n) is 16.0. The molecule has 1 fully saturated rings. The van der Waals surface area contributed by atoms with E-state index in [-0.39, 0.29) is 17.7 Å². The Morgan fingerprint density at radius 1 is 1.17 bits per heavy atom. The molecule has 1 aromatic carbocycles. The maximum absolute atomic E-state index is 12.0. The molecule has 0 aliphatic heterocycles. The number of amides is 1. The van der Waals surface area contributed by atoms with Gasteiger partial charge in [-0.25, -0.2) is 9.50 Å². The third kappa shape index (κ3) is 3.80. The van der Waals surface area contributed by atoms with Crippen molar-refractivity contribution in [3.8, 4) is 22.8 Å². The number of nitrogens with one attached hydrogen (secondary N) is 1. The van der Waals surface area contributed by atoms with E-state index < -0.39 is 0 Å². The molecule has 8 heteroatoms. The first-order valence-corrected chi connectivity index (χ1v) is 9.69. The van der Waals surface area contributed by atoms with E-state index in [0.717, 1.165) is 35.3 Å². The van der Waals surface area contributed by atoms with Crippen LogP contribution in [-0.2, 0) is 11.4 Å². The van der Waals surface area contributed by atoms with Crippen molar-refractivity contribution in [2.24, 2.45) is 5.92 Å². The third-order valence-corrected chi connectivity index (χ3v) is 4.93. The van der Waals surface area contributed by atoms with Crippen molar-refractivity contribution in [2.45, 2.75) is 19.4 Å². The lowest BCUT2D eigenvalue weighted by molar-refractivity contribution is -0.117. The first-order valence-electron chi connectivity index (χ1n) is 9.69. The molecule has 150 valence electrons. The van der Waals surface area contributed by atoms with Crippen LogP contribution in [0.2, 0.25) is 0 Å². The molecule has 3 aromatic heterocycles. The summed E-state index contributed by atoms with van der Waals surface area (Å²) in [6.45, 7) is 0.358. The van der Waals surface area contributed by atoms with Crippen LogP contribution in [0.25, 0.3) is 16.8 Å². The van der Waals surface area contributed by atoms with Crippen LogP contribution >= 0.6 is 0 Å². The van der Waals surface area contributed by atoms with Gasteiger partial charge in [-0.15, -0.1) is 5.10 Å². The number of hydrogen-bond donors (Lipinski definition) is 2. The van der Waals surface area contributed by atoms with Crippen molar-refractivity contribution in [3.05, 3.63) is 66.5 Å². The molecule has 0 bridgehead atoms. The topological polar surface area (TPSA) is 102 Å². The number of nitrogens with zero attached hydrogens (tertiary/aromatic N) is 4. The Balaban J connectivity index is 1.33. The quantitative estimate of drug-likeness (QED) is 0.513. The van der Waals surface area contributed by atoms with Crippen LogP contribution in [0.15, 0.2) is 60.9 Å². The average Bonchev–Trinajstić information content (AvgIpc) is 3.54. The molecule has 2 N–H and O–H groups in total. The van der Waals surface area contributed by atoms with Crippen LogP contribution in [0.5, 0.6) is 11.6 Å². The van der Waals surface area contributed by atoms with Crippen molar-refractivity contribution in [2.75, 3.05) is 5.32 Å². The SMILES string of the molecule is O=C(Nc1nc2c(-c3ccc(OCc4ccc(O)nc4)cc3)cccn2n1)C1CC1. The van der Waals surface area contributed by atoms with Crippen molar-refractivity contribution < 1.29 is 14.6 Å². The summed E-state index contributed by atoms with van der Waals surface area (Å²) in [5, 5.41) is 16.4. The van der Waals surface area contributed by atoms with Gasteiger partial charge < -0.3 is 9.84 Å². The molecular formula is C22H19N5O3. The molecule has 1 aliphatic rings. The normalized spacial score (nSPS) is 13.3. The molecule has 1 aliphatic carbocycles. The second kappa shape index (κ2) is 7.47. The molecule has 0 saturated heterocycles. The number of aromatic nitrogens is 4. The van der Waals surface area contributed by atoms with Gasteiger partial charge in [0.15, 0.2) is 5.65 Å². The van der Waals surface area contributed by atoms with E-state index in [9.17, 15) is 9.90 Å². The minimum Gasteiger partial charge on any atom is -0.493 e. The molecule has 30 heavy (non-hydrogen) atoms. The van der Waals surface area contributed by atoms with Crippen LogP contribution in [0.4, 0.5) is 5.95 Å². The summed E-state index contributed by atoms with van der Waals surface area (Å²) in [5.74, 6) is 1.11. The fourth-order valence-electron chi connectivity index (χ4n) is 3.14. The minimum absolute atomic E-state index is 0.0129. The van der Waals surface area contributed by atoms with E-state index >= 15 is 0 Å². The summed E-state index contributed by atoms with van der Waals surface area (Å²) < 4.78 is 7.45. The second-order valence-electron chi connectivity index (χ2n) is 7.23. The van der Waals surface area contributed by atoms with Gasteiger partial charge in [0, 0.05) is 35.5 Å². The van der Waals surface area contributed by atoms with Crippen LogP contribution < -0.4 is 10.1 Å². The number of rotatable bonds is 6. The largest absolute Gasteiger partial charge is 0.493 e. The number of anilines is 1. The Bertz CT molecular complexity index is 1200. The average molecular weight is 401 g/mol. The molecule has 1 saturated carbocycles. The maximum Gasteiger partial charge on any atom is 0.249 e. The van der Waals surface area contributed by atoms with E-state index in [1.807, 2.05) is 42.6 Å². The Labute approximate surface area is 172 Å². The molecule has 0 atom stereocenters. The highest BCUT2D eigenvalue weighted by atomic mass is 16.5. The van der Waals surface area contributed by atoms with Crippen LogP contribution in [0.3, 0.4) is 0 Å². The van der Waals surface area contributed by atoms with E-state index in [1.165, 1.54) is 6.07 Å². The van der Waals surface area contributed by atoms with Gasteiger partial charge in [-0.1, -0.05) is 12.1 Å². The predicted octanol–water partition coefficient (Wildman–Crippen LogP) is 3.42. The van der Waals surface area contributed by atoms with E-state index in [0.29, 0.717) is 18.2 Å². The summed E-state index contributed by atoms with van der Waals surface area (Å²) in [5.41, 5.74) is 3.41. The highest BCUT2D eigenvalue weighted by Crippen LogP contribution is 2.30. The lowest BCUT2D eigenvalue weighted by Crippen LogP contribution is -2.14. The lowest BCUT2D eigenvalue weighted by atomic mass is 10.1. The van der Waals surface area contributed by atoms with Crippen molar-refractivity contribution in [3.63, 3.8) is 0 Å². The van der Waals surface area contributed by atoms with Gasteiger partial charge in [0.2, 0.25) is 17.7 Å². The summed E-state index contributed by atoms with van der Waals surface area (Å²) in [4.78, 5) is 20.3. The Hall–Kier alpha value is -3.94. The smallest absolute Gasteiger partial charge is 0.249 e. The van der Waals surface area contributed by atoms with Gasteiger partial charge in [0.05, 0.1) is 0 Å². The van der Waals surface area contributed by atoms with Crippen LogP contribution in [-0.4, -0.2) is 30.6 Å². The Morgan fingerprint density at radius 2 is 2.00 bits per heavy atom. The molecule has 0 spiro atoms. The predicted molar refractivity (Wildman–Crippen MR) is 110 cm³/mol. The monoisotopic (exact) mass is 401 g/mol. The second-order valence-corrected chi connectivity index (χ2v) is 7.23. The first-order chi connectivity index (χ1) is 14.7. The molecule has 3 heterocycles. The molecular weight excluding hydrogens is 382 g/mol. The number of benzene rings is 1. The highest BCUT2D eigenvalue weighted by Gasteiger charge is 2.30. The third-order valence-electron chi connectivity index (χ3n) is 4.93. The zero-order valence-corrected chi connectivity index (χ0v) is 16.0. The number of hydrogen-bond acceptors (Lipinski definition) is 6. The molecule has 4 aromatic rings. The van der Waals surface area contributed by atoms with Gasteiger partial charge in [0.25, 0.3) is 0 Å². The van der Waals surface area contributed by atoms with Crippen molar-refractivity contribution in [1.82, 2.24) is 19.6 Å². The lowest BCUT2D eigenvalue weighted by Gasteiger charge is -2.08. The number of ether oxygens (including phenoxy) is 1. The van der Waals surface area contributed by atoms with Gasteiger partial charge in [-0.3, -0.25) is 10.1 Å². The number of fused-ring (bicyclic) bond motifs is 1. The maximum atomic E-state index is 12.0. The summed E-state index contributed by atoms with van der Waals surface area (Å²) in [6.07, 6.45) is 5.25. The van der Waals surface area contributed by atoms with Crippen LogP contribution in [0, 0.1) is 5.92 Å². The number of pyridine rings is 2. The number of aromatic hydroxyl groups is 1. The summed E-state index contributed by atoms with van der Waals surface area (Å²) in [7, 11) is 0. The molecule has 5 rings (SSSR count). The van der Waals surface area contributed by atoms with Gasteiger partial charge >= 0.3 is 0 Å². The minimum atomic E-state index is -0.0159. The van der Waals surface area contributed by atoms with Crippen molar-refractivity contribution >= 4 is 17.5 Å². The standard InChI is InChI=1S/C22H19N5O3/c28-19-10-3-14(12-23-19)13-30-17-8-6-15(7-9-17)18-2-1-11-27-20(18)24-22(26-27)25-21(29)16-4-5-16/h1-3,6-12,16H,4-5,13H2,(H,23,28)(H,25,26,29). The van der Waals surface area contributed by atoms with Gasteiger partial charge in [-0.05, 0) is 48.7 Å². The Morgan fingerprint density at radius 3 is 2.73 bits per heavy atom. The molecule has 8 nitrogen and oxygen atoms in total. The Kier molecular flexibility index (Phi) is 4.51. The molecule has 0 radical (unpaired) electrons. The van der Waals surface area contributed by atoms with Crippen LogP contribution in [0.1, 0.15) is 18.4 Å². The zero-order chi connectivity index (χ0) is 20.5. The van der Waals surface area contributed by atoms with E-state index in [1.54, 1.807) is 16.8 Å². The summed E-state index contributed by atoms with van der Waals surface area (Å²) in [6, 6.07) is 14.8. The van der Waals surface area contributed by atoms with Crippen molar-refractivity contribution in [1.29, 1.82) is 0 Å². The van der Waals surface area contributed by atoms with Gasteiger partial charge in [-0.2, -0.15) is 4.98 Å². The summed E-state index contributed by atoms with van der Waals surface area (Å²) >= 11 is 0.